The summed E-state index contributed by atoms with van der Waals surface area (Å²) in [7, 11) is 0. The summed E-state index contributed by atoms with van der Waals surface area (Å²) in [5.74, 6) is 0.618. The van der Waals surface area contributed by atoms with Crippen LogP contribution in [0.1, 0.15) is 29.9 Å². The first-order valence-electron chi connectivity index (χ1n) is 12.0. The molecule has 0 aliphatic carbocycles. The van der Waals surface area contributed by atoms with Crippen LogP contribution in [-0.4, -0.2) is 49.1 Å². The molecule has 5 rings (SSSR count). The van der Waals surface area contributed by atoms with Crippen LogP contribution in [0.15, 0.2) is 54.9 Å². The Kier molecular flexibility index (Phi) is 7.12. The summed E-state index contributed by atoms with van der Waals surface area (Å²) in [6, 6.07) is 8.70. The second-order valence-corrected chi connectivity index (χ2v) is 9.18. The van der Waals surface area contributed by atoms with E-state index in [2.05, 4.69) is 25.3 Å². The number of halogens is 6. The minimum absolute atomic E-state index is 0.198. The summed E-state index contributed by atoms with van der Waals surface area (Å²) in [5.41, 5.74) is -1.42. The molecule has 39 heavy (non-hydrogen) atoms. The first-order chi connectivity index (χ1) is 18.5. The Morgan fingerprint density at radius 3 is 2.36 bits per heavy atom. The number of hydrogen-bond donors (Lipinski definition) is 2. The lowest BCUT2D eigenvalue weighted by Crippen LogP contribution is -2.35. The third-order valence-electron chi connectivity index (χ3n) is 6.37. The van der Waals surface area contributed by atoms with Gasteiger partial charge >= 0.3 is 12.4 Å². The molecule has 1 fully saturated rings. The molecule has 1 aliphatic rings. The zero-order chi connectivity index (χ0) is 27.8. The van der Waals surface area contributed by atoms with Gasteiger partial charge in [0, 0.05) is 30.2 Å². The number of nitrogens with zero attached hydrogens (tertiary/aromatic N) is 5. The standard InChI is InChI=1S/C26H22F6N6O/c27-25(28,29)19-2-1-9-33-23(19)15-3-5-18-20(12-15)36-22(14-38-10-7-17(39)8-11-38)37-24(18)35-16-4-6-21(34-13-16)26(30,31)32/h1-6,9,12-13,17,39H,7-8,10-11,14H2,(H,35,36,37). The van der Waals surface area contributed by atoms with Crippen LogP contribution >= 0.6 is 0 Å². The summed E-state index contributed by atoms with van der Waals surface area (Å²) < 4.78 is 79.7. The average molecular weight is 548 g/mol. The van der Waals surface area contributed by atoms with Gasteiger partial charge in [0.1, 0.15) is 17.3 Å². The number of aromatic nitrogens is 4. The van der Waals surface area contributed by atoms with Crippen molar-refractivity contribution in [2.45, 2.75) is 37.8 Å². The van der Waals surface area contributed by atoms with Crippen molar-refractivity contribution in [3.8, 4) is 11.3 Å². The summed E-state index contributed by atoms with van der Waals surface area (Å²) in [5, 5.41) is 13.2. The fourth-order valence-electron chi connectivity index (χ4n) is 4.40. The molecule has 1 aromatic carbocycles. The van der Waals surface area contributed by atoms with Gasteiger partial charge in [-0.1, -0.05) is 6.07 Å². The van der Waals surface area contributed by atoms with E-state index in [0.29, 0.717) is 49.2 Å². The van der Waals surface area contributed by atoms with Crippen LogP contribution in [0.25, 0.3) is 22.2 Å². The van der Waals surface area contributed by atoms with Crippen LogP contribution in [0.2, 0.25) is 0 Å². The molecule has 13 heteroatoms. The maximum atomic E-state index is 13.6. The molecule has 1 saturated heterocycles. The Hall–Kier alpha value is -3.84. The summed E-state index contributed by atoms with van der Waals surface area (Å²) in [6.07, 6.45) is -6.12. The molecule has 4 aromatic rings. The van der Waals surface area contributed by atoms with Gasteiger partial charge in [-0.15, -0.1) is 0 Å². The average Bonchev–Trinajstić information content (AvgIpc) is 2.89. The van der Waals surface area contributed by atoms with Crippen LogP contribution < -0.4 is 5.32 Å². The number of aliphatic hydroxyl groups excluding tert-OH is 1. The number of nitrogens with one attached hydrogen (secondary N) is 1. The lowest BCUT2D eigenvalue weighted by Gasteiger charge is -2.28. The van der Waals surface area contributed by atoms with Gasteiger partial charge in [-0.05, 0) is 49.2 Å². The smallest absolute Gasteiger partial charge is 0.393 e. The van der Waals surface area contributed by atoms with Crippen LogP contribution in [0.4, 0.5) is 37.8 Å². The van der Waals surface area contributed by atoms with Gasteiger partial charge in [-0.3, -0.25) is 9.88 Å². The molecule has 2 N–H and O–H groups in total. The van der Waals surface area contributed by atoms with Crippen molar-refractivity contribution in [1.82, 2.24) is 24.8 Å². The molecule has 4 heterocycles. The Morgan fingerprint density at radius 1 is 0.923 bits per heavy atom. The van der Waals surface area contributed by atoms with Crippen LogP contribution in [-0.2, 0) is 18.9 Å². The van der Waals surface area contributed by atoms with Gasteiger partial charge in [0.15, 0.2) is 0 Å². The summed E-state index contributed by atoms with van der Waals surface area (Å²) in [4.78, 5) is 18.6. The van der Waals surface area contributed by atoms with Crippen molar-refractivity contribution in [1.29, 1.82) is 0 Å². The Balaban J connectivity index is 1.56. The first-order valence-corrected chi connectivity index (χ1v) is 12.0. The predicted octanol–water partition coefficient (Wildman–Crippen LogP) is 5.82. The minimum atomic E-state index is -4.61. The number of anilines is 2. The van der Waals surface area contributed by atoms with Crippen molar-refractivity contribution < 1.29 is 31.4 Å². The van der Waals surface area contributed by atoms with Gasteiger partial charge in [0.05, 0.1) is 41.3 Å². The van der Waals surface area contributed by atoms with Gasteiger partial charge in [-0.2, -0.15) is 26.3 Å². The highest BCUT2D eigenvalue weighted by atomic mass is 19.4. The largest absolute Gasteiger partial charge is 0.433 e. The Bertz CT molecular complexity index is 1470. The normalized spacial score (nSPS) is 15.6. The second-order valence-electron chi connectivity index (χ2n) is 9.18. The van der Waals surface area contributed by atoms with Crippen molar-refractivity contribution in [3.05, 3.63) is 71.9 Å². The second kappa shape index (κ2) is 10.4. The number of likely N-dealkylation sites (tertiary alicyclic amines) is 1. The minimum Gasteiger partial charge on any atom is -0.393 e. The highest BCUT2D eigenvalue weighted by Crippen LogP contribution is 2.37. The van der Waals surface area contributed by atoms with Crippen LogP contribution in [0, 0.1) is 0 Å². The predicted molar refractivity (Wildman–Crippen MR) is 131 cm³/mol. The number of fused-ring (bicyclic) bond motifs is 1. The molecular weight excluding hydrogens is 526 g/mol. The number of pyridine rings is 2. The van der Waals surface area contributed by atoms with E-state index in [9.17, 15) is 31.4 Å². The van der Waals surface area contributed by atoms with Crippen LogP contribution in [0.5, 0.6) is 0 Å². The van der Waals surface area contributed by atoms with E-state index < -0.39 is 23.6 Å². The lowest BCUT2D eigenvalue weighted by molar-refractivity contribution is -0.141. The van der Waals surface area contributed by atoms with Crippen LogP contribution in [0.3, 0.4) is 0 Å². The van der Waals surface area contributed by atoms with Crippen molar-refractivity contribution >= 4 is 22.4 Å². The highest BCUT2D eigenvalue weighted by molar-refractivity contribution is 5.93. The molecule has 0 saturated carbocycles. The molecule has 0 amide bonds. The zero-order valence-electron chi connectivity index (χ0n) is 20.3. The highest BCUT2D eigenvalue weighted by Gasteiger charge is 2.34. The van der Waals surface area contributed by atoms with E-state index >= 15 is 0 Å². The van der Waals surface area contributed by atoms with Gasteiger partial charge in [0.25, 0.3) is 0 Å². The SMILES string of the molecule is OC1CCN(Cc2nc(Nc3ccc(C(F)(F)F)nc3)c3ccc(-c4ncccc4C(F)(F)F)cc3n2)CC1. The fourth-order valence-corrected chi connectivity index (χ4v) is 4.40. The molecule has 0 unspecified atom stereocenters. The van der Waals surface area contributed by atoms with E-state index in [0.717, 1.165) is 18.3 Å². The summed E-state index contributed by atoms with van der Waals surface area (Å²) >= 11 is 0. The molecule has 204 valence electrons. The Morgan fingerprint density at radius 2 is 1.69 bits per heavy atom. The molecule has 7 nitrogen and oxygen atoms in total. The maximum Gasteiger partial charge on any atom is 0.433 e. The van der Waals surface area contributed by atoms with Gasteiger partial charge < -0.3 is 10.4 Å². The number of alkyl halides is 6. The van der Waals surface area contributed by atoms with Crippen molar-refractivity contribution in [2.75, 3.05) is 18.4 Å². The van der Waals surface area contributed by atoms with E-state index in [1.54, 1.807) is 6.07 Å². The molecule has 0 spiro atoms. The molecular formula is C26H22F6N6O. The number of aliphatic hydroxyl groups is 1. The topological polar surface area (TPSA) is 87.1 Å². The third kappa shape index (κ3) is 6.09. The van der Waals surface area contributed by atoms with Crippen molar-refractivity contribution in [2.24, 2.45) is 0 Å². The molecule has 0 bridgehead atoms. The number of rotatable bonds is 5. The van der Waals surface area contributed by atoms with E-state index in [1.165, 1.54) is 30.5 Å². The quantitative estimate of drug-likeness (QED) is 0.304. The lowest BCUT2D eigenvalue weighted by atomic mass is 10.0. The maximum absolute atomic E-state index is 13.6. The molecule has 0 atom stereocenters. The molecule has 1 aliphatic heterocycles. The van der Waals surface area contributed by atoms with E-state index in [4.69, 9.17) is 0 Å². The van der Waals surface area contributed by atoms with E-state index in [1.807, 2.05) is 4.90 Å². The number of hydrogen-bond acceptors (Lipinski definition) is 7. The third-order valence-corrected chi connectivity index (χ3v) is 6.37. The number of piperidine rings is 1. The first kappa shape index (κ1) is 26.8. The molecule has 0 radical (unpaired) electrons. The zero-order valence-corrected chi connectivity index (χ0v) is 20.3. The Labute approximate surface area is 218 Å². The van der Waals surface area contributed by atoms with E-state index in [-0.39, 0.29) is 28.9 Å². The fraction of sp³-hybridized carbons (Fsp3) is 0.308. The van der Waals surface area contributed by atoms with Crippen molar-refractivity contribution in [3.63, 3.8) is 0 Å². The summed E-state index contributed by atoms with van der Waals surface area (Å²) in [6.45, 7) is 1.53. The number of benzene rings is 1. The monoisotopic (exact) mass is 548 g/mol. The van der Waals surface area contributed by atoms with Gasteiger partial charge in [-0.25, -0.2) is 15.0 Å². The van der Waals surface area contributed by atoms with Gasteiger partial charge in [0.2, 0.25) is 0 Å². The molecule has 3 aromatic heterocycles.